The Bertz CT molecular complexity index is 78.8. The molecule has 0 spiro atoms. The third kappa shape index (κ3) is 1.44. The van der Waals surface area contributed by atoms with Gasteiger partial charge in [0.05, 0.1) is 6.10 Å². The summed E-state index contributed by atoms with van der Waals surface area (Å²) in [5.41, 5.74) is 2.91. The van der Waals surface area contributed by atoms with E-state index in [9.17, 15) is 0 Å². The van der Waals surface area contributed by atoms with E-state index in [2.05, 4.69) is 28.3 Å². The van der Waals surface area contributed by atoms with Crippen molar-refractivity contribution < 1.29 is 4.84 Å². The van der Waals surface area contributed by atoms with E-state index in [1.165, 1.54) is 0 Å². The lowest BCUT2D eigenvalue weighted by molar-refractivity contribution is 0.0385. The Kier molecular flexibility index (Phi) is 2.28. The molecule has 48 valence electrons. The number of hydrogen-bond acceptors (Lipinski definition) is 2. The highest BCUT2D eigenvalue weighted by Crippen LogP contribution is 2.10. The number of hydroxylamine groups is 1. The van der Waals surface area contributed by atoms with Crippen molar-refractivity contribution in [1.29, 1.82) is 0 Å². The first-order valence-electron chi connectivity index (χ1n) is 2.80. The van der Waals surface area contributed by atoms with E-state index in [1.807, 2.05) is 0 Å². The van der Waals surface area contributed by atoms with Gasteiger partial charge in [-0.3, -0.25) is 4.84 Å². The molecular formula is C5H10BrNO. The molecule has 2 atom stereocenters. The smallest absolute Gasteiger partial charge is 0.0778 e. The maximum absolute atomic E-state index is 5.08. The minimum absolute atomic E-state index is 0.387. The molecule has 1 rings (SSSR count). The topological polar surface area (TPSA) is 21.3 Å². The number of rotatable bonds is 1. The second kappa shape index (κ2) is 2.80. The molecule has 1 aliphatic rings. The Labute approximate surface area is 57.7 Å². The summed E-state index contributed by atoms with van der Waals surface area (Å²) in [7, 11) is 0. The van der Waals surface area contributed by atoms with Gasteiger partial charge in [0.2, 0.25) is 0 Å². The summed E-state index contributed by atoms with van der Waals surface area (Å²) in [5.74, 6) is 0. The fraction of sp³-hybridized carbons (Fsp3) is 1.00. The van der Waals surface area contributed by atoms with E-state index >= 15 is 0 Å². The van der Waals surface area contributed by atoms with Crippen LogP contribution < -0.4 is 5.48 Å². The average Bonchev–Trinajstić information content (AvgIpc) is 2.14. The van der Waals surface area contributed by atoms with Crippen LogP contribution in [0.5, 0.6) is 0 Å². The molecule has 1 N–H and O–H groups in total. The molecule has 0 aromatic heterocycles. The molecule has 0 aliphatic carbocycles. The normalized spacial score (nSPS) is 38.2. The van der Waals surface area contributed by atoms with Gasteiger partial charge in [0.15, 0.2) is 0 Å². The van der Waals surface area contributed by atoms with Gasteiger partial charge in [-0.25, -0.2) is 0 Å². The molecular weight excluding hydrogens is 170 g/mol. The van der Waals surface area contributed by atoms with Crippen LogP contribution >= 0.6 is 15.9 Å². The minimum atomic E-state index is 0.387. The van der Waals surface area contributed by atoms with E-state index in [4.69, 9.17) is 4.84 Å². The van der Waals surface area contributed by atoms with Crippen molar-refractivity contribution in [2.75, 3.05) is 5.33 Å². The van der Waals surface area contributed by atoms with Crippen LogP contribution in [0.25, 0.3) is 0 Å². The molecule has 0 saturated carbocycles. The molecule has 2 unspecified atom stereocenters. The molecule has 1 fully saturated rings. The molecule has 1 saturated heterocycles. The highest BCUT2D eigenvalue weighted by atomic mass is 79.9. The van der Waals surface area contributed by atoms with Crippen LogP contribution in [0.2, 0.25) is 0 Å². The maximum atomic E-state index is 5.08. The highest BCUT2D eigenvalue weighted by molar-refractivity contribution is 9.09. The lowest BCUT2D eigenvalue weighted by Crippen LogP contribution is -2.20. The molecule has 1 heterocycles. The van der Waals surface area contributed by atoms with Crippen molar-refractivity contribution in [2.45, 2.75) is 25.5 Å². The van der Waals surface area contributed by atoms with Crippen molar-refractivity contribution >= 4 is 15.9 Å². The van der Waals surface area contributed by atoms with Gasteiger partial charge < -0.3 is 0 Å². The fourth-order valence-corrected chi connectivity index (χ4v) is 1.20. The van der Waals surface area contributed by atoms with Crippen LogP contribution in [-0.2, 0) is 4.84 Å². The fourth-order valence-electron chi connectivity index (χ4n) is 0.804. The third-order valence-corrected chi connectivity index (χ3v) is 2.02. The van der Waals surface area contributed by atoms with Gasteiger partial charge in [-0.1, -0.05) is 15.9 Å². The van der Waals surface area contributed by atoms with E-state index < -0.39 is 0 Å². The Hall–Kier alpha value is 0.400. The number of alkyl halides is 1. The second-order valence-corrected chi connectivity index (χ2v) is 2.78. The summed E-state index contributed by atoms with van der Waals surface area (Å²) in [6, 6.07) is 0.519. The predicted octanol–water partition coefficient (Wildman–Crippen LogP) is 1.06. The molecule has 0 bridgehead atoms. The molecule has 0 radical (unpaired) electrons. The summed E-state index contributed by atoms with van der Waals surface area (Å²) >= 11 is 3.36. The van der Waals surface area contributed by atoms with Gasteiger partial charge in [-0.15, -0.1) is 0 Å². The van der Waals surface area contributed by atoms with Gasteiger partial charge >= 0.3 is 0 Å². The molecule has 8 heavy (non-hydrogen) atoms. The summed E-state index contributed by atoms with van der Waals surface area (Å²) < 4.78 is 0. The average molecular weight is 180 g/mol. The molecule has 2 nitrogen and oxygen atoms in total. The van der Waals surface area contributed by atoms with E-state index in [1.54, 1.807) is 0 Å². The van der Waals surface area contributed by atoms with Crippen LogP contribution in [0, 0.1) is 0 Å². The van der Waals surface area contributed by atoms with Crippen LogP contribution in [0.1, 0.15) is 13.3 Å². The number of nitrogens with one attached hydrogen (secondary N) is 1. The molecule has 0 aromatic rings. The lowest BCUT2D eigenvalue weighted by Gasteiger charge is -1.98. The van der Waals surface area contributed by atoms with Crippen molar-refractivity contribution in [2.24, 2.45) is 0 Å². The summed E-state index contributed by atoms with van der Waals surface area (Å²) in [4.78, 5) is 5.08. The van der Waals surface area contributed by atoms with Gasteiger partial charge in [0.25, 0.3) is 0 Å². The van der Waals surface area contributed by atoms with E-state index in [0.29, 0.717) is 12.1 Å². The van der Waals surface area contributed by atoms with Gasteiger partial charge in [-0.2, -0.15) is 5.48 Å². The van der Waals surface area contributed by atoms with Crippen LogP contribution in [0.3, 0.4) is 0 Å². The van der Waals surface area contributed by atoms with Crippen LogP contribution in [0.4, 0.5) is 0 Å². The molecule has 0 aromatic carbocycles. The SMILES string of the molecule is CC1CC(CBr)NO1. The van der Waals surface area contributed by atoms with E-state index in [-0.39, 0.29) is 0 Å². The first kappa shape index (κ1) is 6.52. The van der Waals surface area contributed by atoms with Crippen LogP contribution in [-0.4, -0.2) is 17.5 Å². The molecule has 3 heteroatoms. The van der Waals surface area contributed by atoms with Crippen molar-refractivity contribution in [1.82, 2.24) is 5.48 Å². The zero-order valence-corrected chi connectivity index (χ0v) is 6.44. The summed E-state index contributed by atoms with van der Waals surface area (Å²) in [6.07, 6.45) is 1.50. The Morgan fingerprint density at radius 2 is 2.62 bits per heavy atom. The summed E-state index contributed by atoms with van der Waals surface area (Å²) in [6.45, 7) is 2.07. The van der Waals surface area contributed by atoms with Crippen LogP contribution in [0.15, 0.2) is 0 Å². The standard InChI is InChI=1S/C5H10BrNO/c1-4-2-5(3-6)7-8-4/h4-5,7H,2-3H2,1H3. The highest BCUT2D eigenvalue weighted by Gasteiger charge is 2.19. The maximum Gasteiger partial charge on any atom is 0.0778 e. The van der Waals surface area contributed by atoms with Gasteiger partial charge in [0.1, 0.15) is 0 Å². The first-order valence-corrected chi connectivity index (χ1v) is 3.92. The summed E-state index contributed by atoms with van der Waals surface area (Å²) in [5, 5.41) is 0.983. The first-order chi connectivity index (χ1) is 3.83. The monoisotopic (exact) mass is 179 g/mol. The predicted molar refractivity (Wildman–Crippen MR) is 35.9 cm³/mol. The zero-order valence-electron chi connectivity index (χ0n) is 4.86. The second-order valence-electron chi connectivity index (χ2n) is 2.13. The van der Waals surface area contributed by atoms with Crippen molar-refractivity contribution in [3.05, 3.63) is 0 Å². The van der Waals surface area contributed by atoms with Gasteiger partial charge in [-0.05, 0) is 13.3 Å². The Morgan fingerprint density at radius 1 is 1.88 bits per heavy atom. The number of halogens is 1. The quantitative estimate of drug-likeness (QED) is 0.609. The largest absolute Gasteiger partial charge is 0.298 e. The lowest BCUT2D eigenvalue weighted by atomic mass is 10.2. The Morgan fingerprint density at radius 3 is 2.88 bits per heavy atom. The molecule has 0 amide bonds. The Balaban J connectivity index is 2.22. The minimum Gasteiger partial charge on any atom is -0.298 e. The van der Waals surface area contributed by atoms with E-state index in [0.717, 1.165) is 11.8 Å². The number of hydrogen-bond donors (Lipinski definition) is 1. The van der Waals surface area contributed by atoms with Crippen molar-refractivity contribution in [3.63, 3.8) is 0 Å². The van der Waals surface area contributed by atoms with Crippen molar-refractivity contribution in [3.8, 4) is 0 Å². The van der Waals surface area contributed by atoms with Gasteiger partial charge in [0, 0.05) is 11.4 Å². The zero-order chi connectivity index (χ0) is 5.98. The third-order valence-electron chi connectivity index (χ3n) is 1.24. The molecule has 1 aliphatic heterocycles.